The first kappa shape index (κ1) is 21.6. The molecular weight excluding hydrogens is 398 g/mol. The lowest BCUT2D eigenvalue weighted by atomic mass is 10.0. The van der Waals surface area contributed by atoms with Gasteiger partial charge >= 0.3 is 5.97 Å². The van der Waals surface area contributed by atoms with Crippen molar-refractivity contribution in [1.82, 2.24) is 0 Å². The third kappa shape index (κ3) is 4.09. The average Bonchev–Trinajstić information content (AvgIpc) is 2.71. The Bertz CT molecular complexity index is 1200. The minimum Gasteiger partial charge on any atom is -0.478 e. The first-order valence-corrected chi connectivity index (χ1v) is 11.1. The van der Waals surface area contributed by atoms with E-state index in [1.165, 1.54) is 33.6 Å². The van der Waals surface area contributed by atoms with E-state index in [0.29, 0.717) is 11.3 Å². The fraction of sp³-hybridized carbons (Fsp3) is 0.208. The van der Waals surface area contributed by atoms with Crippen LogP contribution < -0.4 is 4.31 Å². The van der Waals surface area contributed by atoms with Crippen LogP contribution in [0.25, 0.3) is 11.1 Å². The number of aryl methyl sites for hydroxylation is 3. The molecule has 0 fully saturated rings. The molecule has 0 radical (unpaired) electrons. The number of carboxylic acid groups (broad SMARTS) is 1. The molecule has 0 atom stereocenters. The van der Waals surface area contributed by atoms with Crippen molar-refractivity contribution in [3.8, 4) is 11.1 Å². The normalized spacial score (nSPS) is 11.3. The molecule has 0 aliphatic heterocycles. The number of sulfonamides is 1. The molecule has 6 heteroatoms. The van der Waals surface area contributed by atoms with Crippen LogP contribution in [0.15, 0.2) is 65.6 Å². The van der Waals surface area contributed by atoms with E-state index < -0.39 is 16.0 Å². The van der Waals surface area contributed by atoms with E-state index >= 15 is 0 Å². The van der Waals surface area contributed by atoms with E-state index in [9.17, 15) is 18.3 Å². The molecule has 0 heterocycles. The number of aromatic carboxylic acids is 1. The largest absolute Gasteiger partial charge is 0.478 e. The molecule has 0 aliphatic rings. The maximum absolute atomic E-state index is 13.2. The maximum atomic E-state index is 13.2. The Kier molecular flexibility index (Phi) is 5.99. The van der Waals surface area contributed by atoms with Crippen molar-refractivity contribution >= 4 is 21.7 Å². The highest BCUT2D eigenvalue weighted by Crippen LogP contribution is 2.28. The van der Waals surface area contributed by atoms with Gasteiger partial charge in [-0.3, -0.25) is 4.31 Å². The van der Waals surface area contributed by atoms with E-state index in [1.54, 1.807) is 26.0 Å². The lowest BCUT2D eigenvalue weighted by Crippen LogP contribution is -2.31. The van der Waals surface area contributed by atoms with Crippen LogP contribution in [0, 0.1) is 20.8 Å². The third-order valence-electron chi connectivity index (χ3n) is 5.31. The summed E-state index contributed by atoms with van der Waals surface area (Å²) in [6.07, 6.45) is 0. The van der Waals surface area contributed by atoms with Crippen LogP contribution in [0.4, 0.5) is 5.69 Å². The molecule has 1 N–H and O–H groups in total. The Morgan fingerprint density at radius 1 is 0.833 bits per heavy atom. The van der Waals surface area contributed by atoms with Crippen LogP contribution in [-0.4, -0.2) is 26.0 Å². The van der Waals surface area contributed by atoms with Gasteiger partial charge in [-0.15, -0.1) is 0 Å². The zero-order chi connectivity index (χ0) is 22.1. The molecule has 3 aromatic rings. The Morgan fingerprint density at radius 2 is 1.43 bits per heavy atom. The number of hydrogen-bond acceptors (Lipinski definition) is 3. The second-order valence-corrected chi connectivity index (χ2v) is 9.16. The Balaban J connectivity index is 1.98. The van der Waals surface area contributed by atoms with Crippen molar-refractivity contribution in [3.05, 3.63) is 82.9 Å². The molecule has 156 valence electrons. The summed E-state index contributed by atoms with van der Waals surface area (Å²) in [5.41, 5.74) is 5.52. The van der Waals surface area contributed by atoms with Gasteiger partial charge < -0.3 is 5.11 Å². The van der Waals surface area contributed by atoms with Gasteiger partial charge in [-0.1, -0.05) is 36.4 Å². The molecule has 3 rings (SSSR count). The first-order valence-electron chi connectivity index (χ1n) is 9.69. The molecular formula is C24H25NO4S. The number of benzene rings is 3. The lowest BCUT2D eigenvalue weighted by molar-refractivity contribution is 0.0696. The van der Waals surface area contributed by atoms with Crippen molar-refractivity contribution in [2.24, 2.45) is 0 Å². The summed E-state index contributed by atoms with van der Waals surface area (Å²) in [4.78, 5) is 11.4. The van der Waals surface area contributed by atoms with Gasteiger partial charge in [0.15, 0.2) is 0 Å². The second-order valence-electron chi connectivity index (χ2n) is 7.30. The minimum atomic E-state index is -3.90. The topological polar surface area (TPSA) is 74.7 Å². The Hall–Kier alpha value is -3.12. The molecule has 0 aliphatic carbocycles. The Morgan fingerprint density at radius 3 is 2.00 bits per heavy atom. The number of anilines is 1. The van der Waals surface area contributed by atoms with E-state index in [0.717, 1.165) is 11.1 Å². The average molecular weight is 424 g/mol. The number of rotatable bonds is 6. The van der Waals surface area contributed by atoms with E-state index in [4.69, 9.17) is 0 Å². The van der Waals surface area contributed by atoms with Crippen LogP contribution in [0.5, 0.6) is 0 Å². The molecule has 0 amide bonds. The number of carbonyl (C=O) groups is 1. The smallest absolute Gasteiger partial charge is 0.335 e. The monoisotopic (exact) mass is 423 g/mol. The molecule has 3 aromatic carbocycles. The lowest BCUT2D eigenvalue weighted by Gasteiger charge is -2.23. The van der Waals surface area contributed by atoms with Crippen molar-refractivity contribution in [1.29, 1.82) is 0 Å². The first-order chi connectivity index (χ1) is 14.1. The molecule has 0 spiro atoms. The summed E-state index contributed by atoms with van der Waals surface area (Å²) < 4.78 is 27.7. The van der Waals surface area contributed by atoms with Gasteiger partial charge in [-0.2, -0.15) is 0 Å². The van der Waals surface area contributed by atoms with E-state index in [2.05, 4.69) is 26.0 Å². The highest BCUT2D eigenvalue weighted by atomic mass is 32.2. The fourth-order valence-electron chi connectivity index (χ4n) is 3.35. The predicted molar refractivity (Wildman–Crippen MR) is 120 cm³/mol. The highest BCUT2D eigenvalue weighted by molar-refractivity contribution is 7.92. The van der Waals surface area contributed by atoms with Crippen molar-refractivity contribution in [2.45, 2.75) is 32.6 Å². The number of hydrogen-bond donors (Lipinski definition) is 1. The van der Waals surface area contributed by atoms with Gasteiger partial charge in [0.1, 0.15) is 0 Å². The van der Waals surface area contributed by atoms with Crippen molar-refractivity contribution < 1.29 is 18.3 Å². The standard InChI is InChI=1S/C24H25NO4S/c1-5-25(30(28,29)22-13-7-17(3)23(15-22)24(26)27)21-11-9-19(10-12-21)20-8-6-16(2)18(4)14-20/h6-15H,5H2,1-4H3,(H,26,27). The van der Waals surface area contributed by atoms with Gasteiger partial charge in [0, 0.05) is 6.54 Å². The quantitative estimate of drug-likeness (QED) is 0.592. The molecule has 0 saturated heterocycles. The van der Waals surface area contributed by atoms with Crippen LogP contribution in [0.2, 0.25) is 0 Å². The molecule has 0 aromatic heterocycles. The van der Waals surface area contributed by atoms with Gasteiger partial charge in [0.25, 0.3) is 10.0 Å². The Labute approximate surface area is 177 Å². The van der Waals surface area contributed by atoms with Crippen LogP contribution in [0.3, 0.4) is 0 Å². The summed E-state index contributed by atoms with van der Waals surface area (Å²) in [5, 5.41) is 9.34. The van der Waals surface area contributed by atoms with Crippen molar-refractivity contribution in [2.75, 3.05) is 10.8 Å². The molecule has 0 saturated carbocycles. The van der Waals surface area contributed by atoms with Gasteiger partial charge in [-0.25, -0.2) is 13.2 Å². The summed E-state index contributed by atoms with van der Waals surface area (Å²) >= 11 is 0. The second kappa shape index (κ2) is 8.32. The van der Waals surface area contributed by atoms with Crippen LogP contribution in [-0.2, 0) is 10.0 Å². The zero-order valence-corrected chi connectivity index (χ0v) is 18.3. The van der Waals surface area contributed by atoms with Gasteiger partial charge in [-0.05, 0) is 79.8 Å². The number of nitrogens with zero attached hydrogens (tertiary/aromatic N) is 1. The van der Waals surface area contributed by atoms with Gasteiger partial charge in [0.05, 0.1) is 16.1 Å². The van der Waals surface area contributed by atoms with Crippen LogP contribution in [0.1, 0.15) is 34.0 Å². The SMILES string of the molecule is CCN(c1ccc(-c2ccc(C)c(C)c2)cc1)S(=O)(=O)c1ccc(C)c(C(=O)O)c1. The maximum Gasteiger partial charge on any atom is 0.335 e. The van der Waals surface area contributed by atoms with Gasteiger partial charge in [0.2, 0.25) is 0 Å². The molecule has 0 unspecified atom stereocenters. The summed E-state index contributed by atoms with van der Waals surface area (Å²) in [6.45, 7) is 7.74. The highest BCUT2D eigenvalue weighted by Gasteiger charge is 2.25. The molecule has 5 nitrogen and oxygen atoms in total. The summed E-state index contributed by atoms with van der Waals surface area (Å²) in [6, 6.07) is 17.8. The van der Waals surface area contributed by atoms with E-state index in [-0.39, 0.29) is 17.0 Å². The predicted octanol–water partition coefficient (Wildman–Crippen LogP) is 5.19. The number of carboxylic acids is 1. The van der Waals surface area contributed by atoms with Crippen LogP contribution >= 0.6 is 0 Å². The molecule has 30 heavy (non-hydrogen) atoms. The van der Waals surface area contributed by atoms with Crippen molar-refractivity contribution in [3.63, 3.8) is 0 Å². The summed E-state index contributed by atoms with van der Waals surface area (Å²) in [7, 11) is -3.90. The zero-order valence-electron chi connectivity index (χ0n) is 17.5. The summed E-state index contributed by atoms with van der Waals surface area (Å²) in [5.74, 6) is -1.15. The minimum absolute atomic E-state index is 0.0165. The fourth-order valence-corrected chi connectivity index (χ4v) is 4.85. The third-order valence-corrected chi connectivity index (χ3v) is 7.21. The van der Waals surface area contributed by atoms with E-state index in [1.807, 2.05) is 18.2 Å². The molecule has 0 bridgehead atoms.